The predicted octanol–water partition coefficient (Wildman–Crippen LogP) is -1.97. The van der Waals surface area contributed by atoms with E-state index >= 15 is 0 Å². The van der Waals surface area contributed by atoms with Crippen LogP contribution in [0.5, 0.6) is 0 Å². The van der Waals surface area contributed by atoms with E-state index in [-0.39, 0.29) is 0 Å². The lowest BCUT2D eigenvalue weighted by Crippen LogP contribution is -2.68. The third kappa shape index (κ3) is 5.12. The van der Waals surface area contributed by atoms with Crippen molar-refractivity contribution in [3.05, 3.63) is 54.6 Å². The van der Waals surface area contributed by atoms with Crippen molar-refractivity contribution in [1.29, 1.82) is 0 Å². The first-order valence-corrected chi connectivity index (χ1v) is 8.15. The van der Waals surface area contributed by atoms with Crippen LogP contribution in [0.4, 0.5) is 5.82 Å². The fraction of sp³-hybridized carbons (Fsp3) is 0.125. The molecule has 0 bridgehead atoms. The highest BCUT2D eigenvalue weighted by atomic mass is 35.7. The van der Waals surface area contributed by atoms with Gasteiger partial charge in [-0.3, -0.25) is 4.90 Å². The zero-order valence-electron chi connectivity index (χ0n) is 13.1. The number of benzene rings is 2. The monoisotopic (exact) mass is 349 g/mol. The molecule has 0 atom stereocenters. The smallest absolute Gasteiger partial charge is 0.268 e. The van der Waals surface area contributed by atoms with Gasteiger partial charge in [0.25, 0.3) is 5.82 Å². The van der Waals surface area contributed by atoms with Crippen LogP contribution in [-0.4, -0.2) is 19.1 Å². The van der Waals surface area contributed by atoms with Crippen LogP contribution in [0.3, 0.4) is 0 Å². The maximum absolute atomic E-state index is 8.49. The van der Waals surface area contributed by atoms with E-state index in [4.69, 9.17) is 23.6 Å². The quantitative estimate of drug-likeness (QED) is 0.528. The van der Waals surface area contributed by atoms with E-state index in [9.17, 15) is 0 Å². The summed E-state index contributed by atoms with van der Waals surface area (Å²) in [6, 6.07) is 18.4. The van der Waals surface area contributed by atoms with Crippen LogP contribution >= 0.6 is 0 Å². The molecule has 0 radical (unpaired) electrons. The van der Waals surface area contributed by atoms with Gasteiger partial charge in [0.05, 0.1) is 25.0 Å². The van der Waals surface area contributed by atoms with Crippen LogP contribution in [-0.2, 0) is 0 Å². The molecule has 0 unspecified atom stereocenters. The lowest BCUT2D eigenvalue weighted by molar-refractivity contribution is -2.00. The summed E-state index contributed by atoms with van der Waals surface area (Å²) >= 11 is 0. The second-order valence-corrected chi connectivity index (χ2v) is 5.85. The molecule has 0 saturated carbocycles. The molecular weight excluding hydrogens is 334 g/mol. The van der Waals surface area contributed by atoms with Gasteiger partial charge in [0.1, 0.15) is 0 Å². The Morgan fingerprint density at radius 3 is 2.00 bits per heavy atom. The van der Waals surface area contributed by atoms with Gasteiger partial charge in [-0.05, 0) is 24.3 Å². The van der Waals surface area contributed by atoms with Gasteiger partial charge in [-0.1, -0.05) is 30.3 Å². The van der Waals surface area contributed by atoms with Crippen LogP contribution in [0.25, 0.3) is 22.3 Å². The van der Waals surface area contributed by atoms with Gasteiger partial charge in [0.2, 0.25) is 5.82 Å². The van der Waals surface area contributed by atoms with E-state index in [1.165, 1.54) is 0 Å². The summed E-state index contributed by atoms with van der Waals surface area (Å²) < 4.78 is 34.0. The summed E-state index contributed by atoms with van der Waals surface area (Å²) in [6.07, 6.45) is 0. The van der Waals surface area contributed by atoms with E-state index < -0.39 is 10.2 Å². The number of rotatable bonds is 2. The van der Waals surface area contributed by atoms with E-state index in [1.807, 2.05) is 50.5 Å². The third-order valence-electron chi connectivity index (χ3n) is 3.12. The Morgan fingerprint density at radius 1 is 0.875 bits per heavy atom. The number of hydrogen-bond donors (Lipinski definition) is 0. The summed E-state index contributed by atoms with van der Waals surface area (Å²) in [7, 11) is -0.875. The second kappa shape index (κ2) is 7.52. The zero-order chi connectivity index (χ0) is 17.7. The Bertz CT molecular complexity index is 801. The normalized spacial score (nSPS) is 10.9. The molecule has 0 aliphatic rings. The average molecular weight is 350 g/mol. The predicted molar refractivity (Wildman–Crippen MR) is 78.1 cm³/mol. The van der Waals surface area contributed by atoms with E-state index in [0.717, 1.165) is 28.1 Å². The fourth-order valence-electron chi connectivity index (χ4n) is 2.18. The van der Waals surface area contributed by atoms with Crippen molar-refractivity contribution in [2.75, 3.05) is 19.0 Å². The Morgan fingerprint density at radius 2 is 1.42 bits per heavy atom. The van der Waals surface area contributed by atoms with Gasteiger partial charge in [-0.15, -0.1) is 15.2 Å². The molecule has 126 valence electrons. The van der Waals surface area contributed by atoms with Crippen LogP contribution in [0.2, 0.25) is 0 Å². The maximum atomic E-state index is 8.49. The molecule has 0 spiro atoms. The number of fused-ring (bicyclic) bond motifs is 1. The molecule has 3 rings (SSSR count). The topological polar surface area (TPSA) is 123 Å². The van der Waals surface area contributed by atoms with Crippen LogP contribution in [0.15, 0.2) is 54.6 Å². The first-order valence-electron chi connectivity index (χ1n) is 6.92. The van der Waals surface area contributed by atoms with Crippen molar-refractivity contribution in [2.24, 2.45) is 0 Å². The second-order valence-electron chi connectivity index (χ2n) is 5.09. The summed E-state index contributed by atoms with van der Waals surface area (Å²) in [6.45, 7) is 0. The molecule has 3 aromatic rings. The molecule has 8 heteroatoms. The summed E-state index contributed by atoms with van der Waals surface area (Å²) in [5.41, 5.74) is 2.10. The van der Waals surface area contributed by atoms with E-state index in [0.29, 0.717) is 0 Å². The van der Waals surface area contributed by atoms with Crippen molar-refractivity contribution >= 4 is 16.7 Å². The number of aromatic nitrogens is 2. The van der Waals surface area contributed by atoms with Crippen LogP contribution in [0.1, 0.15) is 0 Å². The lowest BCUT2D eigenvalue weighted by atomic mass is 10.2. The minimum atomic E-state index is -4.94. The van der Waals surface area contributed by atoms with Gasteiger partial charge < -0.3 is 0 Å². The Balaban J connectivity index is 0.000000368. The van der Waals surface area contributed by atoms with Gasteiger partial charge >= 0.3 is 0 Å². The Hall–Kier alpha value is -2.29. The lowest BCUT2D eigenvalue weighted by Gasteiger charge is -2.17. The highest BCUT2D eigenvalue weighted by molar-refractivity contribution is 5.88. The fourth-order valence-corrected chi connectivity index (χ4v) is 2.18. The third-order valence-corrected chi connectivity index (χ3v) is 3.12. The molecule has 0 saturated heterocycles. The van der Waals surface area contributed by atoms with E-state index in [2.05, 4.69) is 28.1 Å². The summed E-state index contributed by atoms with van der Waals surface area (Å²) in [4.78, 5) is 10.2. The Labute approximate surface area is 141 Å². The molecule has 1 aromatic heterocycles. The van der Waals surface area contributed by atoms with Crippen molar-refractivity contribution < 1.29 is 33.9 Å². The molecule has 0 aliphatic carbocycles. The highest BCUT2D eigenvalue weighted by Gasteiger charge is 2.15. The van der Waals surface area contributed by atoms with Gasteiger partial charge in [-0.2, -0.15) is 0 Å². The van der Waals surface area contributed by atoms with Crippen molar-refractivity contribution in [1.82, 2.24) is 4.98 Å². The standard InChI is InChI=1S/C16H15N3.ClHO4/c1-19(2)16-13-10-6-7-11-14(13)17-15(18-16)12-8-4-3-5-9-12;2-1(3,4)5/h3-11H,1-2H3;(H,2,3,4,5). The molecule has 1 N–H and O–H groups in total. The average Bonchev–Trinajstić information content (AvgIpc) is 2.53. The number of nitrogens with zero attached hydrogens (tertiary/aromatic N) is 2. The van der Waals surface area contributed by atoms with Gasteiger partial charge in [0.15, 0.2) is 5.52 Å². The minimum Gasteiger partial charge on any atom is -0.297 e. The molecular formula is C16H16ClN3O4. The molecule has 24 heavy (non-hydrogen) atoms. The first kappa shape index (κ1) is 18.1. The van der Waals surface area contributed by atoms with Crippen LogP contribution < -0.4 is 28.5 Å². The molecule has 1 heterocycles. The van der Waals surface area contributed by atoms with Crippen molar-refractivity contribution in [2.45, 2.75) is 0 Å². The first-order chi connectivity index (χ1) is 11.3. The number of aromatic amines is 1. The molecule has 2 aromatic carbocycles. The highest BCUT2D eigenvalue weighted by Crippen LogP contribution is 2.22. The maximum Gasteiger partial charge on any atom is 0.268 e. The Kier molecular flexibility index (Phi) is 5.66. The van der Waals surface area contributed by atoms with E-state index in [1.54, 1.807) is 0 Å². The van der Waals surface area contributed by atoms with Gasteiger partial charge in [0, 0.05) is 0 Å². The van der Waals surface area contributed by atoms with Crippen molar-refractivity contribution in [3.8, 4) is 11.4 Å². The number of halogens is 1. The zero-order valence-corrected chi connectivity index (χ0v) is 13.9. The molecule has 0 aliphatic heterocycles. The SMILES string of the molecule is CN(C)c1[nH+]c(-c2ccccc2)nc2ccccc12.[O-][Cl+3]([O-])([O-])[O-]. The van der Waals surface area contributed by atoms with Crippen molar-refractivity contribution in [3.63, 3.8) is 0 Å². The summed E-state index contributed by atoms with van der Waals surface area (Å²) in [5, 5.41) is 1.13. The van der Waals surface area contributed by atoms with Crippen LogP contribution in [0, 0.1) is 10.2 Å². The summed E-state index contributed by atoms with van der Waals surface area (Å²) in [5.74, 6) is 1.97. The molecule has 0 amide bonds. The molecule has 0 fully saturated rings. The number of anilines is 1. The number of H-pyrrole nitrogens is 1. The number of hydrogen-bond acceptors (Lipinski definition) is 6. The molecule has 7 nitrogen and oxygen atoms in total. The minimum absolute atomic E-state index is 0.892. The van der Waals surface area contributed by atoms with Gasteiger partial charge in [-0.25, -0.2) is 23.6 Å². The number of para-hydroxylation sites is 1. The largest absolute Gasteiger partial charge is 0.297 e. The number of nitrogens with one attached hydrogen (secondary N) is 1.